The fourth-order valence-electron chi connectivity index (χ4n) is 3.74. The smallest absolute Gasteiger partial charge is 0.134 e. The quantitative estimate of drug-likeness (QED) is 0.449. The number of hydrogen-bond donors (Lipinski definition) is 0. The number of benzene rings is 4. The van der Waals surface area contributed by atoms with E-state index in [1.54, 1.807) is 28.4 Å². The third-order valence-electron chi connectivity index (χ3n) is 5.05. The fourth-order valence-corrected chi connectivity index (χ4v) is 3.74. The molecule has 0 aliphatic carbocycles. The minimum atomic E-state index is 0.788. The molecule has 4 rings (SSSR count). The van der Waals surface area contributed by atoms with Crippen molar-refractivity contribution in [2.24, 2.45) is 0 Å². The number of fused-ring (bicyclic) bond motifs is 2. The van der Waals surface area contributed by atoms with Gasteiger partial charge in [0.25, 0.3) is 0 Å². The van der Waals surface area contributed by atoms with E-state index >= 15 is 0 Å². The predicted octanol–water partition coefficient (Wildman–Crippen LogP) is 5.69. The molecule has 142 valence electrons. The first-order valence-corrected chi connectivity index (χ1v) is 9.00. The molecule has 4 nitrogen and oxygen atoms in total. The Morgan fingerprint density at radius 2 is 1.25 bits per heavy atom. The van der Waals surface area contributed by atoms with Crippen molar-refractivity contribution in [2.75, 3.05) is 28.4 Å². The molecule has 28 heavy (non-hydrogen) atoms. The van der Waals surface area contributed by atoms with Crippen LogP contribution in [0.25, 0.3) is 32.7 Å². The second kappa shape index (κ2) is 7.31. The van der Waals surface area contributed by atoms with Crippen LogP contribution in [0, 0.1) is 0 Å². The zero-order chi connectivity index (χ0) is 19.7. The van der Waals surface area contributed by atoms with Gasteiger partial charge >= 0.3 is 0 Å². The first-order chi connectivity index (χ1) is 13.7. The average Bonchev–Trinajstić information content (AvgIpc) is 2.76. The molecule has 0 bridgehead atoms. The standard InChI is InChI=1S/C24H22O4/c1-25-16-10-12-17-15(13-16)9-11-20(23(17)27-3)21-14-22(26-2)18-7-5-6-8-19(18)24(21)28-4/h5-14H,1-4H3. The van der Waals surface area contributed by atoms with Gasteiger partial charge in [0.2, 0.25) is 0 Å². The monoisotopic (exact) mass is 374 g/mol. The van der Waals surface area contributed by atoms with Crippen molar-refractivity contribution in [3.63, 3.8) is 0 Å². The third-order valence-corrected chi connectivity index (χ3v) is 5.05. The third kappa shape index (κ3) is 2.78. The van der Waals surface area contributed by atoms with Crippen LogP contribution in [-0.4, -0.2) is 28.4 Å². The van der Waals surface area contributed by atoms with Crippen LogP contribution in [0.3, 0.4) is 0 Å². The molecule has 0 radical (unpaired) electrons. The van der Waals surface area contributed by atoms with Gasteiger partial charge in [0.15, 0.2) is 0 Å². The zero-order valence-corrected chi connectivity index (χ0v) is 16.4. The summed E-state index contributed by atoms with van der Waals surface area (Å²) in [5.41, 5.74) is 1.87. The van der Waals surface area contributed by atoms with Gasteiger partial charge < -0.3 is 18.9 Å². The summed E-state index contributed by atoms with van der Waals surface area (Å²) in [5.74, 6) is 3.19. The van der Waals surface area contributed by atoms with Crippen LogP contribution in [0.2, 0.25) is 0 Å². The molecular weight excluding hydrogens is 352 g/mol. The van der Waals surface area contributed by atoms with Gasteiger partial charge in [-0.25, -0.2) is 0 Å². The summed E-state index contributed by atoms with van der Waals surface area (Å²) in [4.78, 5) is 0. The molecule has 0 heterocycles. The molecule has 4 aromatic carbocycles. The van der Waals surface area contributed by atoms with Crippen LogP contribution in [0.4, 0.5) is 0 Å². The van der Waals surface area contributed by atoms with E-state index in [1.165, 1.54) is 0 Å². The van der Waals surface area contributed by atoms with Crippen LogP contribution in [-0.2, 0) is 0 Å². The predicted molar refractivity (Wildman–Crippen MR) is 113 cm³/mol. The Balaban J connectivity index is 2.06. The molecule has 0 aliphatic rings. The Morgan fingerprint density at radius 3 is 1.93 bits per heavy atom. The highest BCUT2D eigenvalue weighted by Gasteiger charge is 2.19. The Labute approximate surface area is 164 Å². The van der Waals surface area contributed by atoms with E-state index < -0.39 is 0 Å². The molecule has 0 amide bonds. The average molecular weight is 374 g/mol. The molecule has 0 saturated carbocycles. The Bertz CT molecular complexity index is 1160. The molecule has 0 spiro atoms. The SMILES string of the molecule is COc1ccc2c(OC)c(-c3cc(OC)c4ccccc4c3OC)ccc2c1. The van der Waals surface area contributed by atoms with Crippen molar-refractivity contribution in [3.05, 3.63) is 60.7 Å². The van der Waals surface area contributed by atoms with Gasteiger partial charge in [-0.05, 0) is 35.7 Å². The highest BCUT2D eigenvalue weighted by Crippen LogP contribution is 2.46. The highest BCUT2D eigenvalue weighted by atomic mass is 16.5. The fraction of sp³-hybridized carbons (Fsp3) is 0.167. The van der Waals surface area contributed by atoms with E-state index in [4.69, 9.17) is 18.9 Å². The highest BCUT2D eigenvalue weighted by molar-refractivity contribution is 6.03. The zero-order valence-electron chi connectivity index (χ0n) is 16.4. The van der Waals surface area contributed by atoms with E-state index in [9.17, 15) is 0 Å². The van der Waals surface area contributed by atoms with Gasteiger partial charge in [-0.2, -0.15) is 0 Å². The van der Waals surface area contributed by atoms with E-state index in [0.717, 1.165) is 55.7 Å². The second-order valence-corrected chi connectivity index (χ2v) is 6.44. The number of ether oxygens (including phenoxy) is 4. The van der Waals surface area contributed by atoms with Crippen molar-refractivity contribution < 1.29 is 18.9 Å². The summed E-state index contributed by atoms with van der Waals surface area (Å²) < 4.78 is 22.7. The first-order valence-electron chi connectivity index (χ1n) is 9.00. The molecule has 4 aromatic rings. The number of methoxy groups -OCH3 is 4. The van der Waals surface area contributed by atoms with Gasteiger partial charge in [-0.1, -0.05) is 30.3 Å². The molecule has 0 atom stereocenters. The van der Waals surface area contributed by atoms with Crippen LogP contribution in [0.1, 0.15) is 0 Å². The molecule has 0 saturated heterocycles. The Hall–Kier alpha value is -3.40. The van der Waals surface area contributed by atoms with Crippen molar-refractivity contribution >= 4 is 21.5 Å². The van der Waals surface area contributed by atoms with Gasteiger partial charge in [-0.15, -0.1) is 0 Å². The summed E-state index contributed by atoms with van der Waals surface area (Å²) in [6.07, 6.45) is 0. The molecule has 0 aliphatic heterocycles. The summed E-state index contributed by atoms with van der Waals surface area (Å²) in [7, 11) is 6.73. The maximum atomic E-state index is 5.83. The maximum Gasteiger partial charge on any atom is 0.134 e. The van der Waals surface area contributed by atoms with Crippen molar-refractivity contribution in [2.45, 2.75) is 0 Å². The lowest BCUT2D eigenvalue weighted by atomic mass is 9.95. The van der Waals surface area contributed by atoms with Crippen LogP contribution in [0.15, 0.2) is 60.7 Å². The van der Waals surface area contributed by atoms with E-state index in [-0.39, 0.29) is 0 Å². The lowest BCUT2D eigenvalue weighted by molar-refractivity contribution is 0.409. The Morgan fingerprint density at radius 1 is 0.536 bits per heavy atom. The minimum Gasteiger partial charge on any atom is -0.497 e. The van der Waals surface area contributed by atoms with Crippen molar-refractivity contribution in [3.8, 4) is 34.1 Å². The summed E-state index contributed by atoms with van der Waals surface area (Å²) in [5, 5.41) is 4.06. The summed E-state index contributed by atoms with van der Waals surface area (Å²) in [6, 6.07) is 20.1. The topological polar surface area (TPSA) is 36.9 Å². The van der Waals surface area contributed by atoms with E-state index in [1.807, 2.05) is 54.6 Å². The molecule has 4 heteroatoms. The van der Waals surface area contributed by atoms with Gasteiger partial charge in [0.1, 0.15) is 23.0 Å². The second-order valence-electron chi connectivity index (χ2n) is 6.44. The molecule has 0 fully saturated rings. The maximum absolute atomic E-state index is 5.83. The van der Waals surface area contributed by atoms with E-state index in [0.29, 0.717) is 0 Å². The molecular formula is C24H22O4. The van der Waals surface area contributed by atoms with Gasteiger partial charge in [0.05, 0.1) is 28.4 Å². The van der Waals surface area contributed by atoms with Crippen molar-refractivity contribution in [1.29, 1.82) is 0 Å². The molecule has 0 N–H and O–H groups in total. The van der Waals surface area contributed by atoms with Gasteiger partial charge in [0, 0.05) is 27.3 Å². The van der Waals surface area contributed by atoms with E-state index in [2.05, 4.69) is 6.07 Å². The largest absolute Gasteiger partial charge is 0.497 e. The Kier molecular flexibility index (Phi) is 4.70. The molecule has 0 aromatic heterocycles. The summed E-state index contributed by atoms with van der Waals surface area (Å²) >= 11 is 0. The first kappa shape index (κ1) is 18.0. The van der Waals surface area contributed by atoms with Crippen LogP contribution in [0.5, 0.6) is 23.0 Å². The lowest BCUT2D eigenvalue weighted by Gasteiger charge is -2.18. The number of hydrogen-bond acceptors (Lipinski definition) is 4. The normalized spacial score (nSPS) is 10.9. The van der Waals surface area contributed by atoms with Crippen LogP contribution >= 0.6 is 0 Å². The van der Waals surface area contributed by atoms with Crippen LogP contribution < -0.4 is 18.9 Å². The molecule has 0 unspecified atom stereocenters. The summed E-state index contributed by atoms with van der Waals surface area (Å²) in [6.45, 7) is 0. The van der Waals surface area contributed by atoms with Gasteiger partial charge in [-0.3, -0.25) is 0 Å². The lowest BCUT2D eigenvalue weighted by Crippen LogP contribution is -1.96. The minimum absolute atomic E-state index is 0.788. The number of rotatable bonds is 5. The van der Waals surface area contributed by atoms with Crippen molar-refractivity contribution in [1.82, 2.24) is 0 Å².